The highest BCUT2D eigenvalue weighted by Crippen LogP contribution is 2.27. The minimum absolute atomic E-state index is 0.0753. The van der Waals surface area contributed by atoms with E-state index in [1.54, 1.807) is 7.11 Å². The van der Waals surface area contributed by atoms with Crippen LogP contribution >= 0.6 is 23.4 Å². The molecule has 1 heterocycles. The summed E-state index contributed by atoms with van der Waals surface area (Å²) in [4.78, 5) is 17.2. The Morgan fingerprint density at radius 3 is 2.79 bits per heavy atom. The molecular weight excluding hydrogens is 406 g/mol. The summed E-state index contributed by atoms with van der Waals surface area (Å²) >= 11 is 7.50. The fourth-order valence-electron chi connectivity index (χ4n) is 3.18. The molecule has 1 aromatic heterocycles. The maximum absolute atomic E-state index is 12.5. The highest BCUT2D eigenvalue weighted by Gasteiger charge is 2.14. The van der Waals surface area contributed by atoms with Crippen LogP contribution in [0.2, 0.25) is 5.02 Å². The molecule has 0 saturated heterocycles. The Labute approximate surface area is 178 Å². The standard InChI is InChI=1S/C22H20ClN3O2S/c1-28-11-10-26-20-9-7-17(23)13-19(20)25-22(26)29-14-21(27)24-18-8-6-15-4-2-3-5-16(15)12-18/h2-9,12-13H,10-11,14H2,1H3,(H,24,27). The fourth-order valence-corrected chi connectivity index (χ4v) is 4.19. The summed E-state index contributed by atoms with van der Waals surface area (Å²) in [6.07, 6.45) is 0. The number of thioether (sulfide) groups is 1. The minimum Gasteiger partial charge on any atom is -0.383 e. The number of hydrogen-bond acceptors (Lipinski definition) is 4. The zero-order chi connectivity index (χ0) is 20.2. The van der Waals surface area contributed by atoms with Crippen LogP contribution in [0.25, 0.3) is 21.8 Å². The number of ether oxygens (including phenoxy) is 1. The van der Waals surface area contributed by atoms with Gasteiger partial charge in [-0.15, -0.1) is 0 Å². The van der Waals surface area contributed by atoms with Gasteiger partial charge in [-0.05, 0) is 41.1 Å². The van der Waals surface area contributed by atoms with Crippen LogP contribution in [0.1, 0.15) is 0 Å². The molecule has 0 aliphatic rings. The molecule has 4 rings (SSSR count). The lowest BCUT2D eigenvalue weighted by molar-refractivity contribution is -0.113. The summed E-state index contributed by atoms with van der Waals surface area (Å²) in [5.74, 6) is 0.185. The van der Waals surface area contributed by atoms with Crippen molar-refractivity contribution in [1.82, 2.24) is 9.55 Å². The number of nitrogens with one attached hydrogen (secondary N) is 1. The highest BCUT2D eigenvalue weighted by molar-refractivity contribution is 7.99. The van der Waals surface area contributed by atoms with Crippen LogP contribution in [0.15, 0.2) is 65.8 Å². The Balaban J connectivity index is 1.48. The third-order valence-corrected chi connectivity index (χ3v) is 5.77. The molecule has 5 nitrogen and oxygen atoms in total. The molecule has 0 aliphatic heterocycles. The number of hydrogen-bond donors (Lipinski definition) is 1. The van der Waals surface area contributed by atoms with Crippen LogP contribution < -0.4 is 5.32 Å². The second-order valence-corrected chi connectivity index (χ2v) is 7.95. The Bertz CT molecular complexity index is 1180. The second kappa shape index (κ2) is 8.86. The molecule has 0 spiro atoms. The Kier molecular flexibility index (Phi) is 6.04. The van der Waals surface area contributed by atoms with Crippen LogP contribution in [0, 0.1) is 0 Å². The average Bonchev–Trinajstić information content (AvgIpc) is 3.07. The number of carbonyl (C=O) groups is 1. The van der Waals surface area contributed by atoms with Gasteiger partial charge in [0.15, 0.2) is 5.16 Å². The van der Waals surface area contributed by atoms with Gasteiger partial charge in [-0.2, -0.15) is 0 Å². The second-order valence-electron chi connectivity index (χ2n) is 6.57. The molecule has 0 atom stereocenters. The van der Waals surface area contributed by atoms with Crippen molar-refractivity contribution in [2.45, 2.75) is 11.7 Å². The monoisotopic (exact) mass is 425 g/mol. The largest absolute Gasteiger partial charge is 0.383 e. The molecule has 29 heavy (non-hydrogen) atoms. The van der Waals surface area contributed by atoms with Crippen molar-refractivity contribution >= 4 is 56.8 Å². The van der Waals surface area contributed by atoms with E-state index in [1.165, 1.54) is 11.8 Å². The SMILES string of the molecule is COCCn1c(SCC(=O)Nc2ccc3ccccc3c2)nc2cc(Cl)ccc21. The number of anilines is 1. The van der Waals surface area contributed by atoms with E-state index in [2.05, 4.69) is 14.9 Å². The van der Waals surface area contributed by atoms with E-state index >= 15 is 0 Å². The first-order chi connectivity index (χ1) is 14.1. The van der Waals surface area contributed by atoms with Gasteiger partial charge in [0.1, 0.15) is 0 Å². The van der Waals surface area contributed by atoms with Crippen LogP contribution in [0.3, 0.4) is 0 Å². The molecule has 1 N–H and O–H groups in total. The molecule has 0 radical (unpaired) electrons. The van der Waals surface area contributed by atoms with E-state index in [1.807, 2.05) is 60.7 Å². The van der Waals surface area contributed by atoms with Crippen molar-refractivity contribution < 1.29 is 9.53 Å². The summed E-state index contributed by atoms with van der Waals surface area (Å²) in [6.45, 7) is 1.22. The summed E-state index contributed by atoms with van der Waals surface area (Å²) in [6, 6.07) is 19.6. The van der Waals surface area contributed by atoms with Gasteiger partial charge >= 0.3 is 0 Å². The van der Waals surface area contributed by atoms with Crippen molar-refractivity contribution in [3.05, 3.63) is 65.7 Å². The van der Waals surface area contributed by atoms with Crippen molar-refractivity contribution in [2.75, 3.05) is 24.8 Å². The van der Waals surface area contributed by atoms with E-state index < -0.39 is 0 Å². The number of carbonyl (C=O) groups excluding carboxylic acids is 1. The number of halogens is 1. The van der Waals surface area contributed by atoms with Crippen molar-refractivity contribution in [3.63, 3.8) is 0 Å². The first-order valence-corrected chi connectivity index (χ1v) is 10.6. The third kappa shape index (κ3) is 4.56. The van der Waals surface area contributed by atoms with Gasteiger partial charge in [-0.25, -0.2) is 4.98 Å². The first-order valence-electron chi connectivity index (χ1n) is 9.20. The smallest absolute Gasteiger partial charge is 0.234 e. The zero-order valence-electron chi connectivity index (χ0n) is 15.9. The van der Waals surface area contributed by atoms with E-state index in [9.17, 15) is 4.79 Å². The zero-order valence-corrected chi connectivity index (χ0v) is 17.5. The lowest BCUT2D eigenvalue weighted by Crippen LogP contribution is -2.15. The third-order valence-electron chi connectivity index (χ3n) is 4.56. The number of fused-ring (bicyclic) bond motifs is 2. The first kappa shape index (κ1) is 19.8. The van der Waals surface area contributed by atoms with E-state index in [4.69, 9.17) is 16.3 Å². The topological polar surface area (TPSA) is 56.1 Å². The van der Waals surface area contributed by atoms with Crippen LogP contribution in [-0.2, 0) is 16.1 Å². The summed E-state index contributed by atoms with van der Waals surface area (Å²) < 4.78 is 7.28. The van der Waals surface area contributed by atoms with Gasteiger partial charge in [-0.1, -0.05) is 53.7 Å². The van der Waals surface area contributed by atoms with E-state index in [0.717, 1.165) is 32.6 Å². The number of amides is 1. The molecule has 0 fully saturated rings. The fraction of sp³-hybridized carbons (Fsp3) is 0.182. The summed E-state index contributed by atoms with van der Waals surface area (Å²) in [7, 11) is 1.67. The predicted molar refractivity (Wildman–Crippen MR) is 120 cm³/mol. The van der Waals surface area contributed by atoms with E-state index in [0.29, 0.717) is 18.2 Å². The van der Waals surface area contributed by atoms with Crippen LogP contribution in [0.4, 0.5) is 5.69 Å². The maximum Gasteiger partial charge on any atom is 0.234 e. The molecule has 4 aromatic rings. The van der Waals surface area contributed by atoms with Gasteiger partial charge in [0.25, 0.3) is 0 Å². The van der Waals surface area contributed by atoms with Gasteiger partial charge < -0.3 is 14.6 Å². The Hall–Kier alpha value is -2.54. The molecule has 0 unspecified atom stereocenters. The number of rotatable bonds is 7. The molecule has 7 heteroatoms. The van der Waals surface area contributed by atoms with E-state index in [-0.39, 0.29) is 11.7 Å². The molecule has 3 aromatic carbocycles. The number of imidazole rings is 1. The van der Waals surface area contributed by atoms with Crippen molar-refractivity contribution in [2.24, 2.45) is 0 Å². The molecule has 0 aliphatic carbocycles. The lowest BCUT2D eigenvalue weighted by Gasteiger charge is -2.09. The van der Waals surface area contributed by atoms with Crippen LogP contribution in [-0.4, -0.2) is 34.9 Å². The van der Waals surface area contributed by atoms with Gasteiger partial charge in [-0.3, -0.25) is 4.79 Å². The lowest BCUT2D eigenvalue weighted by atomic mass is 10.1. The summed E-state index contributed by atoms with van der Waals surface area (Å²) in [5.41, 5.74) is 2.57. The highest BCUT2D eigenvalue weighted by atomic mass is 35.5. The van der Waals surface area contributed by atoms with Crippen molar-refractivity contribution in [3.8, 4) is 0 Å². The molecule has 0 saturated carbocycles. The predicted octanol–water partition coefficient (Wildman–Crippen LogP) is 5.22. The number of benzene rings is 3. The van der Waals surface area contributed by atoms with Gasteiger partial charge in [0.2, 0.25) is 5.91 Å². The van der Waals surface area contributed by atoms with Gasteiger partial charge in [0, 0.05) is 24.4 Å². The average molecular weight is 426 g/mol. The Morgan fingerprint density at radius 1 is 1.14 bits per heavy atom. The molecule has 0 bridgehead atoms. The number of aromatic nitrogens is 2. The Morgan fingerprint density at radius 2 is 1.97 bits per heavy atom. The normalized spacial score (nSPS) is 11.2. The van der Waals surface area contributed by atoms with Gasteiger partial charge in [0.05, 0.1) is 23.4 Å². The quantitative estimate of drug-likeness (QED) is 0.412. The summed E-state index contributed by atoms with van der Waals surface area (Å²) in [5, 5.41) is 6.61. The molecule has 148 valence electrons. The maximum atomic E-state index is 12.5. The number of nitrogens with zero attached hydrogens (tertiary/aromatic N) is 2. The minimum atomic E-state index is -0.0753. The number of methoxy groups -OCH3 is 1. The molecule has 1 amide bonds. The molecular formula is C22H20ClN3O2S. The van der Waals surface area contributed by atoms with Crippen molar-refractivity contribution in [1.29, 1.82) is 0 Å². The van der Waals surface area contributed by atoms with Crippen LogP contribution in [0.5, 0.6) is 0 Å².